The maximum atomic E-state index is 11.6. The summed E-state index contributed by atoms with van der Waals surface area (Å²) in [6, 6.07) is 5.88. The molecule has 0 bridgehead atoms. The lowest BCUT2D eigenvalue weighted by Crippen LogP contribution is -2.01. The highest BCUT2D eigenvalue weighted by Crippen LogP contribution is 2.33. The average molecular weight is 210 g/mol. The van der Waals surface area contributed by atoms with E-state index in [1.54, 1.807) is 6.07 Å². The summed E-state index contributed by atoms with van der Waals surface area (Å²) in [5, 5.41) is 8.68. The number of hydrogen-bond donors (Lipinski definition) is 1. The van der Waals surface area contributed by atoms with E-state index in [1.807, 2.05) is 0 Å². The predicted octanol–water partition coefficient (Wildman–Crippen LogP) is 1.06. The highest BCUT2D eigenvalue weighted by Gasteiger charge is 2.38. The third-order valence-electron chi connectivity index (χ3n) is 2.05. The topological polar surface area (TPSA) is 71.4 Å². The molecule has 1 N–H and O–H groups in total. The van der Waals surface area contributed by atoms with Gasteiger partial charge in [-0.15, -0.1) is 0 Å². The second kappa shape index (κ2) is 2.68. The van der Waals surface area contributed by atoms with Crippen LogP contribution in [0.15, 0.2) is 40.3 Å². The second-order valence-electron chi connectivity index (χ2n) is 2.82. The van der Waals surface area contributed by atoms with Crippen LogP contribution in [-0.4, -0.2) is 19.3 Å². The molecule has 0 saturated heterocycles. The van der Waals surface area contributed by atoms with Crippen molar-refractivity contribution in [2.75, 3.05) is 0 Å². The van der Waals surface area contributed by atoms with Crippen LogP contribution in [0.5, 0.6) is 0 Å². The van der Waals surface area contributed by atoms with Crippen molar-refractivity contribution in [3.63, 3.8) is 0 Å². The first-order chi connectivity index (χ1) is 6.59. The monoisotopic (exact) mass is 210 g/mol. The fourth-order valence-electron chi connectivity index (χ4n) is 1.39. The van der Waals surface area contributed by atoms with Crippen molar-refractivity contribution in [1.29, 1.82) is 0 Å². The molecule has 72 valence electrons. The van der Waals surface area contributed by atoms with Crippen LogP contribution in [0.25, 0.3) is 0 Å². The zero-order valence-corrected chi connectivity index (χ0v) is 7.78. The number of Topliss-reactive ketones (excluding diaryl/α,β-unsaturated/α-hetero) is 1. The van der Waals surface area contributed by atoms with Gasteiger partial charge in [0.25, 0.3) is 0 Å². The maximum Gasteiger partial charge on any atom is 0.214 e. The van der Waals surface area contributed by atoms with Crippen LogP contribution in [0.1, 0.15) is 10.4 Å². The number of hydrogen-bond acceptors (Lipinski definition) is 4. The molecule has 5 heteroatoms. The number of carbonyl (C=O) groups is 1. The molecule has 0 amide bonds. The molecule has 0 fully saturated rings. The standard InChI is InChI=1S/C9H6O4S/c10-5-8-9(11)6-3-1-2-4-7(6)14(8,12)13/h1-5,10H/b8-5-. The first-order valence-corrected chi connectivity index (χ1v) is 5.30. The summed E-state index contributed by atoms with van der Waals surface area (Å²) in [6.45, 7) is 0. The Morgan fingerprint density at radius 3 is 2.43 bits per heavy atom. The Balaban J connectivity index is 2.88. The average Bonchev–Trinajstić information content (AvgIpc) is 2.36. The molecular formula is C9H6O4S. The van der Waals surface area contributed by atoms with Crippen molar-refractivity contribution < 1.29 is 18.3 Å². The van der Waals surface area contributed by atoms with Gasteiger partial charge in [-0.1, -0.05) is 12.1 Å². The van der Waals surface area contributed by atoms with Gasteiger partial charge in [-0.25, -0.2) is 8.42 Å². The van der Waals surface area contributed by atoms with Gasteiger partial charge in [0.05, 0.1) is 4.90 Å². The fourth-order valence-corrected chi connectivity index (χ4v) is 2.83. The van der Waals surface area contributed by atoms with Gasteiger partial charge in [-0.2, -0.15) is 0 Å². The lowest BCUT2D eigenvalue weighted by molar-refractivity contribution is 0.104. The molecule has 0 spiro atoms. The number of carbonyl (C=O) groups excluding carboxylic acids is 1. The van der Waals surface area contributed by atoms with E-state index in [1.165, 1.54) is 18.2 Å². The molecule has 0 aromatic heterocycles. The van der Waals surface area contributed by atoms with E-state index in [9.17, 15) is 13.2 Å². The Hall–Kier alpha value is -1.62. The number of sulfone groups is 1. The van der Waals surface area contributed by atoms with Gasteiger partial charge in [0.2, 0.25) is 15.6 Å². The van der Waals surface area contributed by atoms with E-state index in [4.69, 9.17) is 5.11 Å². The third-order valence-corrected chi connectivity index (χ3v) is 3.86. The first kappa shape index (κ1) is 8.96. The Kier molecular flexibility index (Phi) is 1.72. The molecule has 1 aromatic rings. The van der Waals surface area contributed by atoms with Crippen LogP contribution in [0.4, 0.5) is 0 Å². The van der Waals surface area contributed by atoms with Gasteiger partial charge in [-0.3, -0.25) is 4.79 Å². The van der Waals surface area contributed by atoms with E-state index >= 15 is 0 Å². The summed E-state index contributed by atoms with van der Waals surface area (Å²) < 4.78 is 23.2. The van der Waals surface area contributed by atoms with E-state index in [2.05, 4.69) is 0 Å². The minimum absolute atomic E-state index is 0.0368. The molecule has 2 rings (SSSR count). The Bertz CT molecular complexity index is 540. The van der Waals surface area contributed by atoms with E-state index in [0.29, 0.717) is 6.26 Å². The number of rotatable bonds is 0. The normalized spacial score (nSPS) is 21.1. The Labute approximate surface area is 80.4 Å². The molecule has 1 heterocycles. The molecule has 14 heavy (non-hydrogen) atoms. The summed E-state index contributed by atoms with van der Waals surface area (Å²) in [4.78, 5) is 10.8. The molecule has 1 aromatic carbocycles. The molecule has 1 aliphatic rings. The summed E-state index contributed by atoms with van der Waals surface area (Å²) >= 11 is 0. The van der Waals surface area contributed by atoms with E-state index in [-0.39, 0.29) is 10.5 Å². The van der Waals surface area contributed by atoms with Crippen LogP contribution in [0.2, 0.25) is 0 Å². The van der Waals surface area contributed by atoms with Crippen molar-refractivity contribution in [1.82, 2.24) is 0 Å². The van der Waals surface area contributed by atoms with Crippen LogP contribution in [-0.2, 0) is 9.84 Å². The van der Waals surface area contributed by atoms with Gasteiger partial charge in [0, 0.05) is 5.56 Å². The largest absolute Gasteiger partial charge is 0.514 e. The minimum Gasteiger partial charge on any atom is -0.514 e. The lowest BCUT2D eigenvalue weighted by atomic mass is 10.1. The van der Waals surface area contributed by atoms with Crippen molar-refractivity contribution in [3.8, 4) is 0 Å². The number of ketones is 1. The van der Waals surface area contributed by atoms with Crippen LogP contribution >= 0.6 is 0 Å². The molecule has 0 aliphatic carbocycles. The third kappa shape index (κ3) is 0.927. The van der Waals surface area contributed by atoms with Crippen LogP contribution < -0.4 is 0 Å². The molecule has 0 unspecified atom stereocenters. The van der Waals surface area contributed by atoms with Crippen molar-refractivity contribution in [3.05, 3.63) is 41.0 Å². The summed E-state index contributed by atoms with van der Waals surface area (Å²) in [7, 11) is -3.78. The quantitative estimate of drug-likeness (QED) is 0.513. The molecule has 4 nitrogen and oxygen atoms in total. The second-order valence-corrected chi connectivity index (χ2v) is 4.71. The van der Waals surface area contributed by atoms with Crippen molar-refractivity contribution >= 4 is 15.6 Å². The first-order valence-electron chi connectivity index (χ1n) is 3.82. The lowest BCUT2D eigenvalue weighted by Gasteiger charge is -1.93. The molecule has 0 saturated carbocycles. The Morgan fingerprint density at radius 1 is 1.21 bits per heavy atom. The van der Waals surface area contributed by atoms with Gasteiger partial charge >= 0.3 is 0 Å². The number of aliphatic hydroxyl groups is 1. The molecule has 0 atom stereocenters. The number of benzene rings is 1. The molecule has 1 aliphatic heterocycles. The van der Waals surface area contributed by atoms with E-state index < -0.39 is 20.5 Å². The van der Waals surface area contributed by atoms with Crippen molar-refractivity contribution in [2.45, 2.75) is 4.90 Å². The van der Waals surface area contributed by atoms with Gasteiger partial charge in [0.1, 0.15) is 6.26 Å². The zero-order chi connectivity index (χ0) is 10.3. The minimum atomic E-state index is -3.78. The summed E-state index contributed by atoms with van der Waals surface area (Å²) in [5.41, 5.74) is 0.118. The highest BCUT2D eigenvalue weighted by molar-refractivity contribution is 7.97. The van der Waals surface area contributed by atoms with Crippen LogP contribution in [0, 0.1) is 0 Å². The number of aliphatic hydroxyl groups excluding tert-OH is 1. The van der Waals surface area contributed by atoms with Crippen molar-refractivity contribution in [2.24, 2.45) is 0 Å². The summed E-state index contributed by atoms with van der Waals surface area (Å²) in [5.74, 6) is -0.650. The number of allylic oxidation sites excluding steroid dienone is 1. The summed E-state index contributed by atoms with van der Waals surface area (Å²) in [6.07, 6.45) is 0.345. The highest BCUT2D eigenvalue weighted by atomic mass is 32.2. The molecule has 0 radical (unpaired) electrons. The number of fused-ring (bicyclic) bond motifs is 1. The SMILES string of the molecule is O=C1/C(=C/O)S(=O)(=O)c2ccccc21. The molecular weight excluding hydrogens is 204 g/mol. The predicted molar refractivity (Wildman–Crippen MR) is 48.7 cm³/mol. The fraction of sp³-hybridized carbons (Fsp3) is 0. The maximum absolute atomic E-state index is 11.6. The van der Waals surface area contributed by atoms with Gasteiger partial charge < -0.3 is 5.11 Å². The smallest absolute Gasteiger partial charge is 0.214 e. The van der Waals surface area contributed by atoms with Gasteiger partial charge in [0.15, 0.2) is 4.91 Å². The Morgan fingerprint density at radius 2 is 1.86 bits per heavy atom. The van der Waals surface area contributed by atoms with Gasteiger partial charge in [-0.05, 0) is 12.1 Å². The van der Waals surface area contributed by atoms with E-state index in [0.717, 1.165) is 0 Å². The zero-order valence-electron chi connectivity index (χ0n) is 6.97. The van der Waals surface area contributed by atoms with Crippen LogP contribution in [0.3, 0.4) is 0 Å².